The Morgan fingerprint density at radius 1 is 0.838 bits per heavy atom. The number of hydrogen-bond acceptors (Lipinski definition) is 8. The predicted octanol–water partition coefficient (Wildman–Crippen LogP) is 3.88. The summed E-state index contributed by atoms with van der Waals surface area (Å²) in [5.74, 6) is -13.7. The van der Waals surface area contributed by atoms with E-state index in [0.717, 1.165) is 6.21 Å². The summed E-state index contributed by atoms with van der Waals surface area (Å²) in [6.45, 7) is 0. The molecule has 4 heterocycles. The molecule has 0 spiro atoms. The van der Waals surface area contributed by atoms with Crippen molar-refractivity contribution in [1.29, 1.82) is 15.8 Å². The molecule has 3 aromatic heterocycles. The van der Waals surface area contributed by atoms with E-state index in [0.29, 0.717) is 0 Å². The maximum atomic E-state index is 15.3. The van der Waals surface area contributed by atoms with Crippen LogP contribution >= 0.6 is 0 Å². The quantitative estimate of drug-likeness (QED) is 0.133. The van der Waals surface area contributed by atoms with Gasteiger partial charge in [-0.1, -0.05) is 0 Å². The summed E-state index contributed by atoms with van der Waals surface area (Å²) in [7, 11) is 1.24. The van der Waals surface area contributed by atoms with Crippen LogP contribution in [0.5, 0.6) is 0 Å². The van der Waals surface area contributed by atoms with Gasteiger partial charge >= 0.3 is 0 Å². The van der Waals surface area contributed by atoms with Crippen LogP contribution in [-0.4, -0.2) is 34.2 Å². The van der Waals surface area contributed by atoms with Gasteiger partial charge in [-0.15, -0.1) is 0 Å². The van der Waals surface area contributed by atoms with E-state index in [1.54, 1.807) is 6.07 Å². The Labute approximate surface area is 201 Å². The molecule has 1 aromatic carbocycles. The lowest BCUT2D eigenvalue weighted by atomic mass is 9.84. The van der Waals surface area contributed by atoms with Gasteiger partial charge in [0.15, 0.2) is 11.6 Å². The van der Waals surface area contributed by atoms with Gasteiger partial charge in [0.25, 0.3) is 0 Å². The number of benzene rings is 1. The summed E-state index contributed by atoms with van der Waals surface area (Å²) in [6.07, 6.45) is 0.893. The topological polar surface area (TPSA) is 135 Å². The standard InChI is InChI=1S/C23H6F6N8/c1-33-5-7(4-32)9-17-13-11(15(25)23(29)37-17)18-12-10(19(13)35-21(9)27)14(24)22(28)36-16(12)8(20(26)34-18)6(2-30)3-31/h5-6,8H,1H3/b9-7-,33-5?. The predicted molar refractivity (Wildman–Crippen MR) is 116 cm³/mol. The van der Waals surface area contributed by atoms with Crippen molar-refractivity contribution in [2.75, 3.05) is 7.05 Å². The van der Waals surface area contributed by atoms with Crippen molar-refractivity contribution >= 4 is 56.0 Å². The summed E-state index contributed by atoms with van der Waals surface area (Å²) >= 11 is 0. The van der Waals surface area contributed by atoms with Crippen molar-refractivity contribution in [3.8, 4) is 18.2 Å². The Morgan fingerprint density at radius 2 is 1.46 bits per heavy atom. The zero-order valence-corrected chi connectivity index (χ0v) is 18.1. The van der Waals surface area contributed by atoms with Crippen LogP contribution in [0.3, 0.4) is 0 Å². The maximum absolute atomic E-state index is 15.3. The highest BCUT2D eigenvalue weighted by molar-refractivity contribution is 6.28. The first-order chi connectivity index (χ1) is 17.7. The first-order valence-corrected chi connectivity index (χ1v) is 10.1. The van der Waals surface area contributed by atoms with Gasteiger partial charge in [-0.3, -0.25) is 4.99 Å². The highest BCUT2D eigenvalue weighted by atomic mass is 19.2. The SMILES string of the molecule is CN=C/C(C#N)=c1\c(F)nc2c3c(F)c(F)nc4c3c(c3c(F)c(F)nc1c32)N=C(F)C4C(C#N)C#N. The number of aromatic nitrogens is 3. The number of fused-ring (bicyclic) bond motifs is 2. The van der Waals surface area contributed by atoms with Gasteiger partial charge in [0.2, 0.25) is 23.8 Å². The monoisotopic (exact) mass is 508 g/mol. The molecular weight excluding hydrogens is 502 g/mol. The largest absolute Gasteiger partial charge is 0.295 e. The smallest absolute Gasteiger partial charge is 0.250 e. The molecule has 0 saturated heterocycles. The lowest BCUT2D eigenvalue weighted by Crippen LogP contribution is -2.23. The molecule has 0 radical (unpaired) electrons. The Kier molecular flexibility index (Phi) is 5.23. The van der Waals surface area contributed by atoms with Gasteiger partial charge in [-0.2, -0.15) is 33.3 Å². The van der Waals surface area contributed by atoms with Gasteiger partial charge in [-0.25, -0.2) is 28.7 Å². The summed E-state index contributed by atoms with van der Waals surface area (Å²) < 4.78 is 90.3. The van der Waals surface area contributed by atoms with Gasteiger partial charge in [0.05, 0.1) is 56.1 Å². The van der Waals surface area contributed by atoms with E-state index >= 15 is 17.6 Å². The molecule has 180 valence electrons. The number of halogens is 6. The second-order valence-electron chi connectivity index (χ2n) is 7.70. The molecule has 8 nitrogen and oxygen atoms in total. The molecule has 1 atom stereocenters. The van der Waals surface area contributed by atoms with Crippen LogP contribution < -0.4 is 5.22 Å². The van der Waals surface area contributed by atoms with Crippen LogP contribution in [0.1, 0.15) is 11.6 Å². The number of hydrogen-bond donors (Lipinski definition) is 0. The Hall–Kier alpha value is -5.16. The molecule has 0 fully saturated rings. The average Bonchev–Trinajstić information content (AvgIpc) is 2.86. The Balaban J connectivity index is 2.20. The molecule has 14 heteroatoms. The normalized spacial score (nSPS) is 15.8. The molecule has 0 aliphatic carbocycles. The minimum atomic E-state index is -1.92. The van der Waals surface area contributed by atoms with E-state index in [2.05, 4.69) is 24.9 Å². The van der Waals surface area contributed by atoms with E-state index in [1.807, 2.05) is 0 Å². The third-order valence-electron chi connectivity index (χ3n) is 5.85. The Bertz CT molecular complexity index is 1950. The minimum absolute atomic E-state index is 0.509. The van der Waals surface area contributed by atoms with Crippen molar-refractivity contribution in [3.63, 3.8) is 0 Å². The van der Waals surface area contributed by atoms with Crippen LogP contribution in [0, 0.1) is 69.4 Å². The van der Waals surface area contributed by atoms with Crippen LogP contribution in [0.15, 0.2) is 9.98 Å². The fourth-order valence-corrected chi connectivity index (χ4v) is 4.41. The summed E-state index contributed by atoms with van der Waals surface area (Å²) in [5.41, 5.74) is -3.46. The molecule has 4 aromatic rings. The van der Waals surface area contributed by atoms with E-state index in [9.17, 15) is 24.6 Å². The number of nitrogens with zero attached hydrogens (tertiary/aromatic N) is 8. The summed E-state index contributed by atoms with van der Waals surface area (Å²) in [6, 6.07) is 4.60. The highest BCUT2D eigenvalue weighted by Gasteiger charge is 2.39. The molecule has 1 aliphatic rings. The van der Waals surface area contributed by atoms with Crippen molar-refractivity contribution in [3.05, 3.63) is 40.4 Å². The third-order valence-corrected chi connectivity index (χ3v) is 5.85. The zero-order valence-electron chi connectivity index (χ0n) is 18.1. The first kappa shape index (κ1) is 23.6. The molecule has 1 aliphatic heterocycles. The van der Waals surface area contributed by atoms with E-state index in [4.69, 9.17) is 0 Å². The first-order valence-electron chi connectivity index (χ1n) is 10.1. The second-order valence-corrected chi connectivity index (χ2v) is 7.70. The fraction of sp³-hybridized carbons (Fsp3) is 0.130. The number of pyridine rings is 3. The Morgan fingerprint density at radius 3 is 2.08 bits per heavy atom. The fourth-order valence-electron chi connectivity index (χ4n) is 4.41. The molecule has 0 bridgehead atoms. The van der Waals surface area contributed by atoms with Crippen molar-refractivity contribution < 1.29 is 26.3 Å². The van der Waals surface area contributed by atoms with Crippen LogP contribution in [0.2, 0.25) is 0 Å². The maximum Gasteiger partial charge on any atom is 0.250 e. The van der Waals surface area contributed by atoms with Crippen LogP contribution in [0.4, 0.5) is 32.0 Å². The number of nitriles is 3. The molecule has 37 heavy (non-hydrogen) atoms. The van der Waals surface area contributed by atoms with Gasteiger partial charge in [0, 0.05) is 24.0 Å². The van der Waals surface area contributed by atoms with Crippen molar-refractivity contribution in [2.24, 2.45) is 15.9 Å². The lowest BCUT2D eigenvalue weighted by Gasteiger charge is -2.24. The zero-order chi connectivity index (χ0) is 26.8. The van der Waals surface area contributed by atoms with Gasteiger partial charge in [0.1, 0.15) is 17.9 Å². The second kappa shape index (κ2) is 8.21. The highest BCUT2D eigenvalue weighted by Crippen LogP contribution is 2.49. The molecule has 1 unspecified atom stereocenters. The van der Waals surface area contributed by atoms with Crippen LogP contribution in [-0.2, 0) is 0 Å². The number of aliphatic imine (C=N–C) groups is 2. The summed E-state index contributed by atoms with van der Waals surface area (Å²) in [4.78, 5) is 17.5. The summed E-state index contributed by atoms with van der Waals surface area (Å²) in [5, 5.41) is 24.4. The molecule has 0 amide bonds. The molecule has 0 saturated carbocycles. The minimum Gasteiger partial charge on any atom is -0.295 e. The van der Waals surface area contributed by atoms with Gasteiger partial charge < -0.3 is 0 Å². The van der Waals surface area contributed by atoms with Crippen LogP contribution in [0.25, 0.3) is 38.2 Å². The van der Waals surface area contributed by atoms with E-state index in [-0.39, 0.29) is 0 Å². The third kappa shape index (κ3) is 3.04. The van der Waals surface area contributed by atoms with Crippen molar-refractivity contribution in [1.82, 2.24) is 15.0 Å². The molecule has 0 N–H and O–H groups in total. The molecule has 5 rings (SSSR count). The van der Waals surface area contributed by atoms with E-state index in [1.165, 1.54) is 19.2 Å². The average molecular weight is 508 g/mol. The van der Waals surface area contributed by atoms with Gasteiger partial charge in [-0.05, 0) is 0 Å². The lowest BCUT2D eigenvalue weighted by molar-refractivity contribution is 0.479. The van der Waals surface area contributed by atoms with Crippen molar-refractivity contribution in [2.45, 2.75) is 5.92 Å². The number of rotatable bonds is 2. The molecular formula is C23H6F6N8. The van der Waals surface area contributed by atoms with E-state index < -0.39 is 102 Å².